The van der Waals surface area contributed by atoms with Crippen LogP contribution in [0.3, 0.4) is 0 Å². The molecule has 0 bridgehead atoms. The van der Waals surface area contributed by atoms with Crippen LogP contribution in [0, 0.1) is 0 Å². The molecule has 7 heteroatoms. The summed E-state index contributed by atoms with van der Waals surface area (Å²) >= 11 is 1.11. The van der Waals surface area contributed by atoms with Crippen molar-refractivity contribution in [3.05, 3.63) is 46.5 Å². The third-order valence-corrected chi connectivity index (χ3v) is 3.93. The Kier molecular flexibility index (Phi) is 5.05. The number of rotatable bonds is 3. The summed E-state index contributed by atoms with van der Waals surface area (Å²) in [7, 11) is 0. The normalized spacial score (nSPS) is 16.9. The van der Waals surface area contributed by atoms with Crippen molar-refractivity contribution in [1.29, 1.82) is 0 Å². The molecule has 2 heterocycles. The highest BCUT2D eigenvalue weighted by atomic mass is 35.5. The second-order valence-electron chi connectivity index (χ2n) is 4.45. The first-order valence-electron chi connectivity index (χ1n) is 6.21. The fraction of sp³-hybridized carbons (Fsp3) is 0.308. The number of aromatic nitrogens is 2. The highest BCUT2D eigenvalue weighted by molar-refractivity contribution is 7.07. The van der Waals surface area contributed by atoms with E-state index in [2.05, 4.69) is 38.4 Å². The summed E-state index contributed by atoms with van der Waals surface area (Å²) in [5, 5.41) is 10.0. The van der Waals surface area contributed by atoms with Crippen molar-refractivity contribution in [2.45, 2.75) is 12.5 Å². The summed E-state index contributed by atoms with van der Waals surface area (Å²) in [5.74, 6) is -0.111. The van der Waals surface area contributed by atoms with Crippen molar-refractivity contribution in [3.63, 3.8) is 0 Å². The zero-order chi connectivity index (χ0) is 13.1. The number of benzene rings is 1. The maximum atomic E-state index is 11.9. The number of fused-ring (bicyclic) bond motifs is 1. The number of halogens is 1. The number of nitrogens with one attached hydrogen (secondary N) is 2. The summed E-state index contributed by atoms with van der Waals surface area (Å²) in [6.45, 7) is 1.52. The van der Waals surface area contributed by atoms with Crippen LogP contribution in [-0.2, 0) is 6.42 Å². The lowest BCUT2D eigenvalue weighted by molar-refractivity contribution is 0.0953. The molecule has 2 N–H and O–H groups in total. The second kappa shape index (κ2) is 6.78. The average Bonchev–Trinajstić information content (AvgIpc) is 2.99. The van der Waals surface area contributed by atoms with Gasteiger partial charge in [0.05, 0.1) is 6.20 Å². The maximum absolute atomic E-state index is 11.9. The van der Waals surface area contributed by atoms with E-state index in [9.17, 15) is 4.79 Å². The van der Waals surface area contributed by atoms with Gasteiger partial charge in [-0.05, 0) is 35.6 Å². The van der Waals surface area contributed by atoms with Crippen LogP contribution in [0.4, 0.5) is 0 Å². The highest BCUT2D eigenvalue weighted by Crippen LogP contribution is 2.21. The molecular formula is C13H15ClN4OS. The minimum Gasteiger partial charge on any atom is -0.349 e. The number of nitrogens with zero attached hydrogens (tertiary/aromatic N) is 2. The van der Waals surface area contributed by atoms with Gasteiger partial charge in [0.25, 0.3) is 5.91 Å². The van der Waals surface area contributed by atoms with Gasteiger partial charge in [-0.1, -0.05) is 28.8 Å². The van der Waals surface area contributed by atoms with Gasteiger partial charge in [-0.25, -0.2) is 0 Å². The number of hydrogen-bond donors (Lipinski definition) is 2. The van der Waals surface area contributed by atoms with E-state index in [-0.39, 0.29) is 24.4 Å². The standard InChI is InChI=1S/C13H14N4OS.ClH/c18-13(12-8-16-17-19-12)15-7-11-10-4-2-1-3-9(10)5-6-14-11;/h1-4,8,11,14H,5-7H2,(H,15,18);1H. The lowest BCUT2D eigenvalue weighted by Gasteiger charge is -2.27. The van der Waals surface area contributed by atoms with Gasteiger partial charge in [0.1, 0.15) is 4.88 Å². The van der Waals surface area contributed by atoms with Crippen molar-refractivity contribution in [2.24, 2.45) is 0 Å². The van der Waals surface area contributed by atoms with E-state index in [1.165, 1.54) is 17.3 Å². The summed E-state index contributed by atoms with van der Waals surface area (Å²) in [5.41, 5.74) is 2.64. The molecule has 3 rings (SSSR count). The van der Waals surface area contributed by atoms with Crippen LogP contribution in [0.5, 0.6) is 0 Å². The zero-order valence-electron chi connectivity index (χ0n) is 10.7. The molecule has 2 aromatic rings. The molecule has 0 saturated heterocycles. The number of hydrogen-bond acceptors (Lipinski definition) is 5. The minimum absolute atomic E-state index is 0. The minimum atomic E-state index is -0.111. The first-order chi connectivity index (χ1) is 9.34. The van der Waals surface area contributed by atoms with Crippen LogP contribution in [0.1, 0.15) is 26.8 Å². The Morgan fingerprint density at radius 2 is 2.30 bits per heavy atom. The lowest BCUT2D eigenvalue weighted by atomic mass is 9.94. The third kappa shape index (κ3) is 3.15. The molecule has 0 radical (unpaired) electrons. The van der Waals surface area contributed by atoms with Crippen LogP contribution in [0.15, 0.2) is 30.5 Å². The fourth-order valence-electron chi connectivity index (χ4n) is 2.32. The Morgan fingerprint density at radius 3 is 3.10 bits per heavy atom. The molecule has 1 unspecified atom stereocenters. The Bertz CT molecular complexity index is 576. The highest BCUT2D eigenvalue weighted by Gasteiger charge is 2.20. The Morgan fingerprint density at radius 1 is 1.45 bits per heavy atom. The van der Waals surface area contributed by atoms with Crippen LogP contribution in [0.2, 0.25) is 0 Å². The summed E-state index contributed by atoms with van der Waals surface area (Å²) < 4.78 is 3.69. The predicted octanol–water partition coefficient (Wildman–Crippen LogP) is 1.58. The van der Waals surface area contributed by atoms with Crippen molar-refractivity contribution in [3.8, 4) is 0 Å². The van der Waals surface area contributed by atoms with Crippen LogP contribution in [-0.4, -0.2) is 28.6 Å². The maximum Gasteiger partial charge on any atom is 0.264 e. The molecule has 0 aliphatic carbocycles. The van der Waals surface area contributed by atoms with Gasteiger partial charge in [-0.15, -0.1) is 17.5 Å². The molecular weight excluding hydrogens is 296 g/mol. The van der Waals surface area contributed by atoms with Crippen LogP contribution in [0.25, 0.3) is 0 Å². The first kappa shape index (κ1) is 14.9. The van der Waals surface area contributed by atoms with Gasteiger partial charge in [0.2, 0.25) is 0 Å². The van der Waals surface area contributed by atoms with Crippen molar-refractivity contribution in [2.75, 3.05) is 13.1 Å². The molecule has 106 valence electrons. The third-order valence-electron chi connectivity index (χ3n) is 3.27. The molecule has 1 aromatic heterocycles. The smallest absolute Gasteiger partial charge is 0.264 e. The Balaban J connectivity index is 0.00000147. The van der Waals surface area contributed by atoms with Gasteiger partial charge in [0.15, 0.2) is 0 Å². The molecule has 1 aliphatic rings. The van der Waals surface area contributed by atoms with Gasteiger partial charge < -0.3 is 10.6 Å². The molecule has 1 amide bonds. The summed E-state index contributed by atoms with van der Waals surface area (Å²) in [6.07, 6.45) is 2.53. The van der Waals surface area contributed by atoms with E-state index >= 15 is 0 Å². The van der Waals surface area contributed by atoms with Gasteiger partial charge in [0, 0.05) is 12.6 Å². The van der Waals surface area contributed by atoms with Gasteiger partial charge >= 0.3 is 0 Å². The Labute approximate surface area is 127 Å². The molecule has 0 saturated carbocycles. The summed E-state index contributed by atoms with van der Waals surface area (Å²) in [6, 6.07) is 8.54. The largest absolute Gasteiger partial charge is 0.349 e. The van der Waals surface area contributed by atoms with E-state index in [4.69, 9.17) is 0 Å². The predicted molar refractivity (Wildman–Crippen MR) is 80.4 cm³/mol. The second-order valence-corrected chi connectivity index (χ2v) is 5.23. The Hall–Kier alpha value is -1.50. The molecule has 1 aliphatic heterocycles. The van der Waals surface area contributed by atoms with Crippen LogP contribution < -0.4 is 10.6 Å². The average molecular weight is 311 g/mol. The monoisotopic (exact) mass is 310 g/mol. The molecule has 1 atom stereocenters. The number of carbonyl (C=O) groups excluding carboxylic acids is 1. The van der Waals surface area contributed by atoms with Gasteiger partial charge in [-0.3, -0.25) is 4.79 Å². The quantitative estimate of drug-likeness (QED) is 0.903. The molecule has 20 heavy (non-hydrogen) atoms. The number of carbonyl (C=O) groups is 1. The SMILES string of the molecule is Cl.O=C(NCC1NCCc2ccccc21)c1cnns1. The van der Waals surface area contributed by atoms with Crippen molar-refractivity contribution in [1.82, 2.24) is 20.2 Å². The molecule has 0 spiro atoms. The van der Waals surface area contributed by atoms with Gasteiger partial charge in [-0.2, -0.15) is 0 Å². The number of amides is 1. The topological polar surface area (TPSA) is 66.9 Å². The molecule has 1 aromatic carbocycles. The zero-order valence-corrected chi connectivity index (χ0v) is 12.3. The lowest BCUT2D eigenvalue weighted by Crippen LogP contribution is -2.38. The first-order valence-corrected chi connectivity index (χ1v) is 6.98. The summed E-state index contributed by atoms with van der Waals surface area (Å²) in [4.78, 5) is 12.4. The van der Waals surface area contributed by atoms with Crippen molar-refractivity contribution >= 4 is 29.8 Å². The van der Waals surface area contributed by atoms with Crippen LogP contribution >= 0.6 is 23.9 Å². The van der Waals surface area contributed by atoms with Crippen molar-refractivity contribution < 1.29 is 4.79 Å². The van der Waals surface area contributed by atoms with E-state index in [1.54, 1.807) is 0 Å². The molecule has 0 fully saturated rings. The van der Waals surface area contributed by atoms with E-state index < -0.39 is 0 Å². The molecule has 5 nitrogen and oxygen atoms in total. The fourth-order valence-corrected chi connectivity index (χ4v) is 2.76. The van der Waals surface area contributed by atoms with E-state index in [0.717, 1.165) is 24.5 Å². The van der Waals surface area contributed by atoms with E-state index in [1.807, 2.05) is 6.07 Å². The van der Waals surface area contributed by atoms with E-state index in [0.29, 0.717) is 11.4 Å².